The van der Waals surface area contributed by atoms with E-state index in [1.807, 2.05) is 0 Å². The molecule has 0 aromatic heterocycles. The summed E-state index contributed by atoms with van der Waals surface area (Å²) < 4.78 is 23.1. The number of rotatable bonds is 3. The van der Waals surface area contributed by atoms with Crippen LogP contribution in [0.15, 0.2) is 0 Å². The molecule has 1 N–H and O–H groups in total. The smallest absolute Gasteiger partial charge is 0.153 e. The zero-order valence-electron chi connectivity index (χ0n) is 11.9. The van der Waals surface area contributed by atoms with Crippen LogP contribution in [0.5, 0.6) is 0 Å². The van der Waals surface area contributed by atoms with E-state index < -0.39 is 9.84 Å². The third-order valence-electron chi connectivity index (χ3n) is 4.38. The van der Waals surface area contributed by atoms with Crippen molar-refractivity contribution in [2.45, 2.75) is 45.6 Å². The Labute approximate surface area is 116 Å². The topological polar surface area (TPSA) is 63.2 Å². The molecule has 3 atom stereocenters. The highest BCUT2D eigenvalue weighted by atomic mass is 32.2. The second-order valence-electron chi connectivity index (χ2n) is 6.55. The van der Waals surface area contributed by atoms with E-state index in [0.29, 0.717) is 24.8 Å². The van der Waals surface area contributed by atoms with Gasteiger partial charge in [0.05, 0.1) is 11.5 Å². The largest absolute Gasteiger partial charge is 0.312 e. The standard InChI is InChI=1S/C14H25NO3S/c1-10-5-11(2)7-12(6-10)14(16)8-13-9-19(17,18)4-3-15-13/h10-13,15H,3-9H2,1-2H3. The Hall–Kier alpha value is -0.420. The van der Waals surface area contributed by atoms with Crippen molar-refractivity contribution in [2.75, 3.05) is 18.1 Å². The van der Waals surface area contributed by atoms with Crippen molar-refractivity contribution in [3.05, 3.63) is 0 Å². The Balaban J connectivity index is 1.90. The zero-order valence-corrected chi connectivity index (χ0v) is 12.7. The average Bonchev–Trinajstić information content (AvgIpc) is 2.26. The molecule has 3 unspecified atom stereocenters. The van der Waals surface area contributed by atoms with Crippen molar-refractivity contribution in [1.82, 2.24) is 5.32 Å². The van der Waals surface area contributed by atoms with E-state index in [2.05, 4.69) is 19.2 Å². The van der Waals surface area contributed by atoms with Crippen LogP contribution in [0.3, 0.4) is 0 Å². The summed E-state index contributed by atoms with van der Waals surface area (Å²) >= 11 is 0. The first-order valence-corrected chi connectivity index (χ1v) is 9.14. The number of hydrogen-bond acceptors (Lipinski definition) is 4. The number of ketones is 1. The Morgan fingerprint density at radius 2 is 1.79 bits per heavy atom. The summed E-state index contributed by atoms with van der Waals surface area (Å²) in [7, 11) is -2.94. The second-order valence-corrected chi connectivity index (χ2v) is 8.78. The number of carbonyl (C=O) groups excluding carboxylic acids is 1. The van der Waals surface area contributed by atoms with Gasteiger partial charge in [-0.05, 0) is 31.1 Å². The third-order valence-corrected chi connectivity index (χ3v) is 6.12. The maximum Gasteiger partial charge on any atom is 0.153 e. The molecule has 1 heterocycles. The van der Waals surface area contributed by atoms with Crippen LogP contribution in [-0.2, 0) is 14.6 Å². The van der Waals surface area contributed by atoms with Crippen molar-refractivity contribution in [1.29, 1.82) is 0 Å². The molecule has 0 aromatic carbocycles. The molecule has 2 rings (SSSR count). The molecular formula is C14H25NO3S. The van der Waals surface area contributed by atoms with Crippen molar-refractivity contribution < 1.29 is 13.2 Å². The van der Waals surface area contributed by atoms with Crippen molar-refractivity contribution in [3.63, 3.8) is 0 Å². The minimum absolute atomic E-state index is 0.122. The number of nitrogens with one attached hydrogen (secondary N) is 1. The van der Waals surface area contributed by atoms with E-state index in [1.54, 1.807) is 0 Å². The number of carbonyl (C=O) groups is 1. The van der Waals surface area contributed by atoms with Crippen LogP contribution in [0.2, 0.25) is 0 Å². The van der Waals surface area contributed by atoms with Gasteiger partial charge in [-0.15, -0.1) is 0 Å². The van der Waals surface area contributed by atoms with Gasteiger partial charge in [0.2, 0.25) is 0 Å². The van der Waals surface area contributed by atoms with Gasteiger partial charge in [0.25, 0.3) is 0 Å². The summed E-state index contributed by atoms with van der Waals surface area (Å²) in [5, 5.41) is 3.17. The molecule has 0 radical (unpaired) electrons. The fourth-order valence-electron chi connectivity index (χ4n) is 3.62. The molecule has 1 aliphatic heterocycles. The molecule has 2 fully saturated rings. The minimum Gasteiger partial charge on any atom is -0.312 e. The summed E-state index contributed by atoms with van der Waals surface area (Å²) in [6.45, 7) is 4.90. The molecule has 1 saturated carbocycles. The first-order chi connectivity index (χ1) is 8.85. The van der Waals surface area contributed by atoms with Gasteiger partial charge in [-0.1, -0.05) is 13.8 Å². The first-order valence-electron chi connectivity index (χ1n) is 7.32. The molecule has 19 heavy (non-hydrogen) atoms. The van der Waals surface area contributed by atoms with Crippen LogP contribution in [0.25, 0.3) is 0 Å². The number of Topliss-reactive ketones (excluding diaryl/α,β-unsaturated/α-hetero) is 1. The molecule has 4 nitrogen and oxygen atoms in total. The Morgan fingerprint density at radius 1 is 1.16 bits per heavy atom. The molecule has 0 amide bonds. The zero-order chi connectivity index (χ0) is 14.0. The molecule has 0 aromatic rings. The summed E-state index contributed by atoms with van der Waals surface area (Å²) in [5.41, 5.74) is 0. The van der Waals surface area contributed by atoms with Gasteiger partial charge in [0, 0.05) is 24.9 Å². The second kappa shape index (κ2) is 5.92. The lowest BCUT2D eigenvalue weighted by molar-refractivity contribution is -0.125. The average molecular weight is 287 g/mol. The minimum atomic E-state index is -2.94. The van der Waals surface area contributed by atoms with Crippen LogP contribution in [0.4, 0.5) is 0 Å². The Morgan fingerprint density at radius 3 is 2.37 bits per heavy atom. The number of hydrogen-bond donors (Lipinski definition) is 1. The fourth-order valence-corrected chi connectivity index (χ4v) is 5.06. The predicted octanol–water partition coefficient (Wildman–Crippen LogP) is 1.40. The summed E-state index contributed by atoms with van der Waals surface area (Å²) in [6.07, 6.45) is 3.54. The van der Waals surface area contributed by atoms with Crippen LogP contribution >= 0.6 is 0 Å². The van der Waals surface area contributed by atoms with E-state index in [9.17, 15) is 13.2 Å². The molecule has 0 bridgehead atoms. The van der Waals surface area contributed by atoms with Crippen LogP contribution in [-0.4, -0.2) is 38.3 Å². The lowest BCUT2D eigenvalue weighted by atomic mass is 9.74. The highest BCUT2D eigenvalue weighted by Gasteiger charge is 2.32. The highest BCUT2D eigenvalue weighted by molar-refractivity contribution is 7.91. The first kappa shape index (κ1) is 15.0. The van der Waals surface area contributed by atoms with E-state index in [-0.39, 0.29) is 29.2 Å². The van der Waals surface area contributed by atoms with Gasteiger partial charge in [-0.25, -0.2) is 8.42 Å². The van der Waals surface area contributed by atoms with Gasteiger partial charge >= 0.3 is 0 Å². The van der Waals surface area contributed by atoms with Crippen LogP contribution < -0.4 is 5.32 Å². The maximum absolute atomic E-state index is 12.3. The summed E-state index contributed by atoms with van der Waals surface area (Å²) in [6, 6.07) is -0.168. The molecule has 2 aliphatic rings. The van der Waals surface area contributed by atoms with Gasteiger partial charge in [0.15, 0.2) is 9.84 Å². The van der Waals surface area contributed by atoms with Crippen molar-refractivity contribution in [3.8, 4) is 0 Å². The van der Waals surface area contributed by atoms with E-state index in [4.69, 9.17) is 0 Å². The Bertz CT molecular complexity index is 422. The summed E-state index contributed by atoms with van der Waals surface area (Å²) in [4.78, 5) is 12.3. The Kier molecular flexibility index (Phi) is 4.66. The molecule has 1 saturated heterocycles. The maximum atomic E-state index is 12.3. The fraction of sp³-hybridized carbons (Fsp3) is 0.929. The molecule has 1 aliphatic carbocycles. The van der Waals surface area contributed by atoms with Crippen molar-refractivity contribution in [2.24, 2.45) is 17.8 Å². The molecule has 110 valence electrons. The lowest BCUT2D eigenvalue weighted by Gasteiger charge is -2.32. The summed E-state index contributed by atoms with van der Waals surface area (Å²) in [5.74, 6) is 1.95. The lowest BCUT2D eigenvalue weighted by Crippen LogP contribution is -2.46. The quantitative estimate of drug-likeness (QED) is 0.852. The van der Waals surface area contributed by atoms with Gasteiger partial charge in [0.1, 0.15) is 5.78 Å². The van der Waals surface area contributed by atoms with Crippen molar-refractivity contribution >= 4 is 15.6 Å². The molecule has 5 heteroatoms. The van der Waals surface area contributed by atoms with E-state index in [0.717, 1.165) is 12.8 Å². The molecular weight excluding hydrogens is 262 g/mol. The monoisotopic (exact) mass is 287 g/mol. The third kappa shape index (κ3) is 4.28. The van der Waals surface area contributed by atoms with E-state index in [1.165, 1.54) is 6.42 Å². The van der Waals surface area contributed by atoms with Crippen LogP contribution in [0, 0.1) is 17.8 Å². The van der Waals surface area contributed by atoms with Gasteiger partial charge in [-0.2, -0.15) is 0 Å². The van der Waals surface area contributed by atoms with E-state index >= 15 is 0 Å². The van der Waals surface area contributed by atoms with Gasteiger partial charge < -0.3 is 5.32 Å². The normalized spacial score (nSPS) is 38.8. The highest BCUT2D eigenvalue weighted by Crippen LogP contribution is 2.34. The number of sulfone groups is 1. The SMILES string of the molecule is CC1CC(C)CC(C(=O)CC2CS(=O)(=O)CCN2)C1. The predicted molar refractivity (Wildman–Crippen MR) is 75.7 cm³/mol. The van der Waals surface area contributed by atoms with Gasteiger partial charge in [-0.3, -0.25) is 4.79 Å². The van der Waals surface area contributed by atoms with Crippen LogP contribution in [0.1, 0.15) is 39.5 Å². The molecule has 0 spiro atoms.